The lowest BCUT2D eigenvalue weighted by molar-refractivity contribution is -0.121. The molecule has 0 saturated heterocycles. The van der Waals surface area contributed by atoms with Crippen LogP contribution in [0.25, 0.3) is 10.9 Å². The van der Waals surface area contributed by atoms with Crippen molar-refractivity contribution in [2.24, 2.45) is 5.92 Å². The zero-order chi connectivity index (χ0) is 17.8. The van der Waals surface area contributed by atoms with Crippen molar-refractivity contribution in [3.63, 3.8) is 0 Å². The highest BCUT2D eigenvalue weighted by molar-refractivity contribution is 5.86. The third-order valence-corrected chi connectivity index (χ3v) is 4.72. The molecule has 0 bridgehead atoms. The van der Waals surface area contributed by atoms with Gasteiger partial charge < -0.3 is 15.2 Å². The number of nitrogens with zero attached hydrogens (tertiary/aromatic N) is 1. The molecule has 0 spiro atoms. The molecule has 25 heavy (non-hydrogen) atoms. The molecule has 1 aromatic heterocycles. The SMILES string of the molecule is Cc1nc2ccccc2c(C)c1CC(=O)NCC(O)COCC1CC1. The van der Waals surface area contributed by atoms with Gasteiger partial charge in [0, 0.05) is 24.2 Å². The molecule has 134 valence electrons. The zero-order valence-corrected chi connectivity index (χ0v) is 14.9. The number of hydrogen-bond acceptors (Lipinski definition) is 4. The van der Waals surface area contributed by atoms with E-state index in [2.05, 4.69) is 10.3 Å². The number of nitrogens with one attached hydrogen (secondary N) is 1. The number of aliphatic hydroxyl groups is 1. The summed E-state index contributed by atoms with van der Waals surface area (Å²) in [5, 5.41) is 13.8. The summed E-state index contributed by atoms with van der Waals surface area (Å²) in [7, 11) is 0. The van der Waals surface area contributed by atoms with Crippen molar-refractivity contribution in [2.45, 2.75) is 39.2 Å². The Balaban J connectivity index is 1.54. The maximum Gasteiger partial charge on any atom is 0.224 e. The number of aliphatic hydroxyl groups excluding tert-OH is 1. The molecule has 2 N–H and O–H groups in total. The van der Waals surface area contributed by atoms with Gasteiger partial charge in [0.05, 0.1) is 24.6 Å². The van der Waals surface area contributed by atoms with Gasteiger partial charge in [-0.3, -0.25) is 9.78 Å². The lowest BCUT2D eigenvalue weighted by atomic mass is 9.99. The van der Waals surface area contributed by atoms with Gasteiger partial charge >= 0.3 is 0 Å². The van der Waals surface area contributed by atoms with Crippen molar-refractivity contribution in [1.29, 1.82) is 0 Å². The second kappa shape index (κ2) is 7.93. The summed E-state index contributed by atoms with van der Waals surface area (Å²) >= 11 is 0. The first kappa shape index (κ1) is 17.8. The van der Waals surface area contributed by atoms with Crippen molar-refractivity contribution in [3.05, 3.63) is 41.1 Å². The molecule has 5 heteroatoms. The van der Waals surface area contributed by atoms with Gasteiger partial charge in [0.25, 0.3) is 0 Å². The number of rotatable bonds is 8. The first-order valence-corrected chi connectivity index (χ1v) is 8.92. The van der Waals surface area contributed by atoms with Gasteiger partial charge in [-0.05, 0) is 49.8 Å². The monoisotopic (exact) mass is 342 g/mol. The largest absolute Gasteiger partial charge is 0.389 e. The lowest BCUT2D eigenvalue weighted by Crippen LogP contribution is -2.35. The molecule has 1 unspecified atom stereocenters. The van der Waals surface area contributed by atoms with Crippen molar-refractivity contribution in [1.82, 2.24) is 10.3 Å². The number of para-hydroxylation sites is 1. The molecule has 1 aliphatic carbocycles. The summed E-state index contributed by atoms with van der Waals surface area (Å²) in [6.07, 6.45) is 2.06. The van der Waals surface area contributed by atoms with Crippen molar-refractivity contribution < 1.29 is 14.6 Å². The molecule has 3 rings (SSSR count). The fourth-order valence-electron chi connectivity index (χ4n) is 3.00. The van der Waals surface area contributed by atoms with Gasteiger partial charge in [0.1, 0.15) is 0 Å². The maximum atomic E-state index is 12.3. The molecule has 1 fully saturated rings. The molecular weight excluding hydrogens is 316 g/mol. The minimum absolute atomic E-state index is 0.107. The Bertz CT molecular complexity index is 756. The van der Waals surface area contributed by atoms with Gasteiger partial charge in [0.15, 0.2) is 0 Å². The maximum absolute atomic E-state index is 12.3. The number of carbonyl (C=O) groups excluding carboxylic acids is 1. The van der Waals surface area contributed by atoms with Crippen LogP contribution in [0.15, 0.2) is 24.3 Å². The number of aryl methyl sites for hydroxylation is 2. The minimum Gasteiger partial charge on any atom is -0.389 e. The first-order chi connectivity index (χ1) is 12.0. The second-order valence-electron chi connectivity index (χ2n) is 6.93. The van der Waals surface area contributed by atoms with E-state index >= 15 is 0 Å². The van der Waals surface area contributed by atoms with E-state index in [9.17, 15) is 9.90 Å². The molecule has 1 aromatic carbocycles. The highest BCUT2D eigenvalue weighted by Gasteiger charge is 2.21. The van der Waals surface area contributed by atoms with Crippen LogP contribution in [0.4, 0.5) is 0 Å². The fraction of sp³-hybridized carbons (Fsp3) is 0.500. The van der Waals surface area contributed by atoms with Crippen LogP contribution >= 0.6 is 0 Å². The van der Waals surface area contributed by atoms with E-state index < -0.39 is 6.10 Å². The highest BCUT2D eigenvalue weighted by Crippen LogP contribution is 2.28. The molecule has 1 aliphatic rings. The van der Waals surface area contributed by atoms with Crippen molar-refractivity contribution in [2.75, 3.05) is 19.8 Å². The summed E-state index contributed by atoms with van der Waals surface area (Å²) in [6, 6.07) is 7.96. The van der Waals surface area contributed by atoms with E-state index in [1.54, 1.807) is 0 Å². The summed E-state index contributed by atoms with van der Waals surface area (Å²) in [6.45, 7) is 5.16. The molecule has 2 aromatic rings. The highest BCUT2D eigenvalue weighted by atomic mass is 16.5. The average molecular weight is 342 g/mol. The van der Waals surface area contributed by atoms with Crippen LogP contribution in [0.1, 0.15) is 29.7 Å². The van der Waals surface area contributed by atoms with Gasteiger partial charge in [-0.1, -0.05) is 18.2 Å². The van der Waals surface area contributed by atoms with Crippen molar-refractivity contribution in [3.8, 4) is 0 Å². The third-order valence-electron chi connectivity index (χ3n) is 4.72. The Hall–Kier alpha value is -1.98. The van der Waals surface area contributed by atoms with E-state index in [0.29, 0.717) is 12.5 Å². The molecular formula is C20H26N2O3. The molecule has 1 saturated carbocycles. The number of hydrogen-bond donors (Lipinski definition) is 2. The smallest absolute Gasteiger partial charge is 0.224 e. The predicted octanol–water partition coefficient (Wildman–Crippen LogP) is 2.30. The van der Waals surface area contributed by atoms with Crippen LogP contribution < -0.4 is 5.32 Å². The summed E-state index contributed by atoms with van der Waals surface area (Å²) in [5.41, 5.74) is 3.87. The van der Waals surface area contributed by atoms with E-state index in [-0.39, 0.29) is 25.5 Å². The number of ether oxygens (including phenoxy) is 1. The van der Waals surface area contributed by atoms with Gasteiger partial charge in [0.2, 0.25) is 5.91 Å². The predicted molar refractivity (Wildman–Crippen MR) is 97.5 cm³/mol. The Kier molecular flexibility index (Phi) is 5.66. The first-order valence-electron chi connectivity index (χ1n) is 8.92. The molecule has 0 aliphatic heterocycles. The quantitative estimate of drug-likeness (QED) is 0.772. The van der Waals surface area contributed by atoms with Crippen LogP contribution in [0.2, 0.25) is 0 Å². The zero-order valence-electron chi connectivity index (χ0n) is 14.9. The second-order valence-corrected chi connectivity index (χ2v) is 6.93. The minimum atomic E-state index is -0.667. The number of pyridine rings is 1. The Morgan fingerprint density at radius 1 is 1.36 bits per heavy atom. The van der Waals surface area contributed by atoms with Gasteiger partial charge in [-0.25, -0.2) is 0 Å². The Labute approximate surface area is 148 Å². The number of aromatic nitrogens is 1. The van der Waals surface area contributed by atoms with Crippen molar-refractivity contribution >= 4 is 16.8 Å². The Morgan fingerprint density at radius 2 is 2.12 bits per heavy atom. The van der Waals surface area contributed by atoms with Crippen LogP contribution in [0, 0.1) is 19.8 Å². The fourth-order valence-corrected chi connectivity index (χ4v) is 3.00. The Morgan fingerprint density at radius 3 is 2.88 bits per heavy atom. The summed E-state index contributed by atoms with van der Waals surface area (Å²) in [4.78, 5) is 16.9. The average Bonchev–Trinajstić information content (AvgIpc) is 3.41. The summed E-state index contributed by atoms with van der Waals surface area (Å²) < 4.78 is 5.45. The van der Waals surface area contributed by atoms with Crippen LogP contribution in [0.5, 0.6) is 0 Å². The van der Waals surface area contributed by atoms with E-state index in [4.69, 9.17) is 4.74 Å². The van der Waals surface area contributed by atoms with E-state index in [1.807, 2.05) is 38.1 Å². The number of fused-ring (bicyclic) bond motifs is 1. The lowest BCUT2D eigenvalue weighted by Gasteiger charge is -2.14. The normalized spacial score (nSPS) is 15.3. The van der Waals surface area contributed by atoms with Crippen LogP contribution in [-0.4, -0.2) is 41.9 Å². The van der Waals surface area contributed by atoms with Crippen LogP contribution in [-0.2, 0) is 16.0 Å². The van der Waals surface area contributed by atoms with Gasteiger partial charge in [-0.15, -0.1) is 0 Å². The topological polar surface area (TPSA) is 71.5 Å². The molecule has 1 atom stereocenters. The third kappa shape index (κ3) is 4.77. The number of carbonyl (C=O) groups is 1. The van der Waals surface area contributed by atoms with E-state index in [0.717, 1.165) is 27.7 Å². The summed E-state index contributed by atoms with van der Waals surface area (Å²) in [5.74, 6) is 0.567. The molecule has 1 amide bonds. The molecule has 0 radical (unpaired) electrons. The van der Waals surface area contributed by atoms with E-state index in [1.165, 1.54) is 12.8 Å². The number of benzene rings is 1. The molecule has 1 heterocycles. The standard InChI is InChI=1S/C20H26N2O3/c1-13-17-5-3-4-6-19(17)22-14(2)18(13)9-20(24)21-10-16(23)12-25-11-15-7-8-15/h3-6,15-16,23H,7-12H2,1-2H3,(H,21,24). The number of amides is 1. The van der Waals surface area contributed by atoms with Gasteiger partial charge in [-0.2, -0.15) is 0 Å². The van der Waals surface area contributed by atoms with Crippen LogP contribution in [0.3, 0.4) is 0 Å². The molecule has 5 nitrogen and oxygen atoms in total.